The molecule has 154 valence electrons. The zero-order chi connectivity index (χ0) is 21.3. The van der Waals surface area contributed by atoms with Gasteiger partial charge >= 0.3 is 0 Å². The van der Waals surface area contributed by atoms with E-state index < -0.39 is 12.0 Å². The molecule has 3 heterocycles. The van der Waals surface area contributed by atoms with Crippen LogP contribution in [0.3, 0.4) is 0 Å². The molecule has 1 unspecified atom stereocenters. The average Bonchev–Trinajstić information content (AvgIpc) is 3.12. The standard InChI is InChI=1S/C25H19F2N3O/c1-14-5-7-21-19(11-14)18-9-10-29-24(23(18)28-21)30(17-4-2-3-15(26)12-17)22-8-6-16(27)13-20(22)25(29)31/h2-8,11-13,24,28H,9-10H2,1H3. The topological polar surface area (TPSA) is 39.3 Å². The Balaban J connectivity index is 1.64. The van der Waals surface area contributed by atoms with Crippen LogP contribution < -0.4 is 4.90 Å². The summed E-state index contributed by atoms with van der Waals surface area (Å²) in [4.78, 5) is 20.6. The zero-order valence-corrected chi connectivity index (χ0v) is 16.8. The van der Waals surface area contributed by atoms with Crippen molar-refractivity contribution in [1.82, 2.24) is 9.88 Å². The van der Waals surface area contributed by atoms with Crippen molar-refractivity contribution in [3.05, 3.63) is 94.7 Å². The molecule has 0 saturated heterocycles. The number of carbonyl (C=O) groups excluding carboxylic acids is 1. The first-order chi connectivity index (χ1) is 15.0. The quantitative estimate of drug-likeness (QED) is 0.439. The van der Waals surface area contributed by atoms with Gasteiger partial charge in [0.05, 0.1) is 16.9 Å². The number of amides is 1. The van der Waals surface area contributed by atoms with E-state index in [9.17, 15) is 13.6 Å². The highest BCUT2D eigenvalue weighted by Gasteiger charge is 2.43. The van der Waals surface area contributed by atoms with E-state index in [1.54, 1.807) is 17.0 Å². The van der Waals surface area contributed by atoms with Gasteiger partial charge in [-0.1, -0.05) is 17.7 Å². The Morgan fingerprint density at radius 1 is 1.00 bits per heavy atom. The average molecular weight is 415 g/mol. The van der Waals surface area contributed by atoms with E-state index in [0.29, 0.717) is 24.3 Å². The smallest absolute Gasteiger partial charge is 0.258 e. The second-order valence-corrected chi connectivity index (χ2v) is 8.20. The Bertz CT molecular complexity index is 1380. The molecule has 0 radical (unpaired) electrons. The molecule has 1 N–H and O–H groups in total. The van der Waals surface area contributed by atoms with Gasteiger partial charge in [0.1, 0.15) is 11.6 Å². The van der Waals surface area contributed by atoms with Gasteiger partial charge in [0.15, 0.2) is 6.17 Å². The predicted octanol–water partition coefficient (Wildman–Crippen LogP) is 5.60. The van der Waals surface area contributed by atoms with Crippen molar-refractivity contribution in [1.29, 1.82) is 0 Å². The molecule has 3 aromatic carbocycles. The number of aromatic amines is 1. The highest BCUT2D eigenvalue weighted by atomic mass is 19.1. The molecule has 4 nitrogen and oxygen atoms in total. The van der Waals surface area contributed by atoms with Gasteiger partial charge in [0.2, 0.25) is 0 Å². The molecule has 4 aromatic rings. The number of H-pyrrole nitrogens is 1. The van der Waals surface area contributed by atoms with Gasteiger partial charge in [0, 0.05) is 23.1 Å². The van der Waals surface area contributed by atoms with Crippen molar-refractivity contribution in [2.24, 2.45) is 0 Å². The van der Waals surface area contributed by atoms with Crippen molar-refractivity contribution in [2.75, 3.05) is 11.4 Å². The van der Waals surface area contributed by atoms with Crippen LogP contribution in [0.15, 0.2) is 60.7 Å². The maximum atomic E-state index is 14.2. The molecule has 0 spiro atoms. The van der Waals surface area contributed by atoms with E-state index in [1.807, 2.05) is 17.0 Å². The molecular weight excluding hydrogens is 396 g/mol. The van der Waals surface area contributed by atoms with Gasteiger partial charge in [0.25, 0.3) is 5.91 Å². The van der Waals surface area contributed by atoms with Crippen molar-refractivity contribution < 1.29 is 13.6 Å². The van der Waals surface area contributed by atoms with E-state index in [0.717, 1.165) is 16.6 Å². The summed E-state index contributed by atoms with van der Waals surface area (Å²) in [5, 5.41) is 1.14. The van der Waals surface area contributed by atoms with E-state index in [2.05, 4.69) is 24.0 Å². The molecule has 1 amide bonds. The maximum absolute atomic E-state index is 14.2. The number of rotatable bonds is 1. The number of anilines is 2. The second kappa shape index (κ2) is 6.41. The Kier molecular flexibility index (Phi) is 3.75. The summed E-state index contributed by atoms with van der Waals surface area (Å²) in [5.74, 6) is -1.05. The maximum Gasteiger partial charge on any atom is 0.258 e. The van der Waals surface area contributed by atoms with Gasteiger partial charge in [-0.05, 0) is 67.4 Å². The minimum atomic E-state index is -0.469. The lowest BCUT2D eigenvalue weighted by Gasteiger charge is -2.47. The Morgan fingerprint density at radius 3 is 2.68 bits per heavy atom. The molecule has 2 aliphatic heterocycles. The van der Waals surface area contributed by atoms with Crippen LogP contribution in [-0.2, 0) is 6.42 Å². The number of aryl methyl sites for hydroxylation is 1. The van der Waals surface area contributed by atoms with E-state index in [-0.39, 0.29) is 17.3 Å². The van der Waals surface area contributed by atoms with E-state index >= 15 is 0 Å². The Hall–Kier alpha value is -3.67. The van der Waals surface area contributed by atoms with Crippen LogP contribution in [0.25, 0.3) is 10.9 Å². The molecule has 0 saturated carbocycles. The third-order valence-corrected chi connectivity index (χ3v) is 6.29. The number of hydrogen-bond donors (Lipinski definition) is 1. The molecule has 6 heteroatoms. The zero-order valence-electron chi connectivity index (χ0n) is 16.8. The molecule has 1 atom stereocenters. The summed E-state index contributed by atoms with van der Waals surface area (Å²) in [7, 11) is 0. The first-order valence-electron chi connectivity index (χ1n) is 10.3. The monoisotopic (exact) mass is 415 g/mol. The Labute approximate surface area is 177 Å². The molecule has 0 bridgehead atoms. The van der Waals surface area contributed by atoms with Crippen molar-refractivity contribution >= 4 is 28.2 Å². The fourth-order valence-corrected chi connectivity index (χ4v) is 4.95. The number of aromatic nitrogens is 1. The van der Waals surface area contributed by atoms with Crippen LogP contribution >= 0.6 is 0 Å². The molecule has 2 aliphatic rings. The number of halogens is 2. The van der Waals surface area contributed by atoms with Gasteiger partial charge in [-0.15, -0.1) is 0 Å². The number of fused-ring (bicyclic) bond motifs is 6. The highest BCUT2D eigenvalue weighted by molar-refractivity contribution is 6.04. The van der Waals surface area contributed by atoms with Crippen LogP contribution in [0.5, 0.6) is 0 Å². The van der Waals surface area contributed by atoms with Gasteiger partial charge in [-0.2, -0.15) is 0 Å². The fraction of sp³-hybridized carbons (Fsp3) is 0.160. The first kappa shape index (κ1) is 18.1. The summed E-state index contributed by atoms with van der Waals surface area (Å²) in [6.45, 7) is 2.56. The number of carbonyl (C=O) groups is 1. The van der Waals surface area contributed by atoms with E-state index in [1.165, 1.54) is 35.4 Å². The molecule has 1 aromatic heterocycles. The number of benzene rings is 3. The normalized spacial score (nSPS) is 17.5. The highest BCUT2D eigenvalue weighted by Crippen LogP contribution is 2.47. The largest absolute Gasteiger partial charge is 0.355 e. The van der Waals surface area contributed by atoms with E-state index in [4.69, 9.17) is 0 Å². The van der Waals surface area contributed by atoms with Crippen LogP contribution in [0, 0.1) is 18.6 Å². The van der Waals surface area contributed by atoms with Gasteiger partial charge in [-0.3, -0.25) is 4.79 Å². The van der Waals surface area contributed by atoms with Gasteiger partial charge in [-0.25, -0.2) is 8.78 Å². The van der Waals surface area contributed by atoms with Crippen molar-refractivity contribution in [3.8, 4) is 0 Å². The minimum absolute atomic E-state index is 0.215. The predicted molar refractivity (Wildman–Crippen MR) is 115 cm³/mol. The lowest BCUT2D eigenvalue weighted by Crippen LogP contribution is -2.50. The SMILES string of the molecule is Cc1ccc2[nH]c3c(c2c1)CCN1C(=O)c2cc(F)ccc2N(c2cccc(F)c2)C31. The summed E-state index contributed by atoms with van der Waals surface area (Å²) in [6.07, 6.45) is 0.228. The summed E-state index contributed by atoms with van der Waals surface area (Å²) < 4.78 is 28.2. The second-order valence-electron chi connectivity index (χ2n) is 8.20. The van der Waals surface area contributed by atoms with Crippen molar-refractivity contribution in [2.45, 2.75) is 19.5 Å². The lowest BCUT2D eigenvalue weighted by atomic mass is 9.94. The minimum Gasteiger partial charge on any atom is -0.355 e. The molecule has 31 heavy (non-hydrogen) atoms. The molecular formula is C25H19F2N3O. The number of hydrogen-bond acceptors (Lipinski definition) is 2. The first-order valence-corrected chi connectivity index (χ1v) is 10.3. The lowest BCUT2D eigenvalue weighted by molar-refractivity contribution is 0.0641. The van der Waals surface area contributed by atoms with Crippen LogP contribution in [0.4, 0.5) is 20.2 Å². The summed E-state index contributed by atoms with van der Waals surface area (Å²) >= 11 is 0. The van der Waals surface area contributed by atoms with Crippen LogP contribution in [-0.4, -0.2) is 22.3 Å². The Morgan fingerprint density at radius 2 is 1.84 bits per heavy atom. The third-order valence-electron chi connectivity index (χ3n) is 6.29. The van der Waals surface area contributed by atoms with Crippen molar-refractivity contribution in [3.63, 3.8) is 0 Å². The summed E-state index contributed by atoms with van der Waals surface area (Å²) in [5.41, 5.74) is 5.72. The number of nitrogens with one attached hydrogen (secondary N) is 1. The van der Waals surface area contributed by atoms with Crippen LogP contribution in [0.2, 0.25) is 0 Å². The molecule has 0 fully saturated rings. The fourth-order valence-electron chi connectivity index (χ4n) is 4.95. The summed E-state index contributed by atoms with van der Waals surface area (Å²) in [6, 6.07) is 16.8. The molecule has 6 rings (SSSR count). The third kappa shape index (κ3) is 2.61. The molecule has 0 aliphatic carbocycles. The van der Waals surface area contributed by atoms with Gasteiger partial charge < -0.3 is 14.8 Å². The number of nitrogens with zero attached hydrogens (tertiary/aromatic N) is 2. The van der Waals surface area contributed by atoms with Crippen LogP contribution in [0.1, 0.15) is 33.3 Å².